The Hall–Kier alpha value is -2.52. The van der Waals surface area contributed by atoms with Gasteiger partial charge in [0.2, 0.25) is 5.91 Å². The zero-order valence-corrected chi connectivity index (χ0v) is 17.8. The van der Waals surface area contributed by atoms with Crippen molar-refractivity contribution in [1.29, 1.82) is 0 Å². The molecule has 1 aliphatic rings. The van der Waals surface area contributed by atoms with Crippen LogP contribution < -0.4 is 5.32 Å². The third-order valence-electron chi connectivity index (χ3n) is 4.91. The van der Waals surface area contributed by atoms with E-state index >= 15 is 0 Å². The average molecular weight is 467 g/mol. The fourth-order valence-electron chi connectivity index (χ4n) is 3.37. The summed E-state index contributed by atoms with van der Waals surface area (Å²) in [5.74, 6) is 0.196. The predicted molar refractivity (Wildman–Crippen MR) is 113 cm³/mol. The summed E-state index contributed by atoms with van der Waals surface area (Å²) in [5, 5.41) is 11.6. The molecule has 0 bridgehead atoms. The molecule has 4 rings (SSSR count). The number of benzene rings is 2. The molecule has 1 unspecified atom stereocenters. The van der Waals surface area contributed by atoms with Gasteiger partial charge < -0.3 is 5.32 Å². The summed E-state index contributed by atoms with van der Waals surface area (Å²) in [6, 6.07) is 11.9. The van der Waals surface area contributed by atoms with Gasteiger partial charge >= 0.3 is 6.18 Å². The first-order chi connectivity index (χ1) is 14.8. The number of halogens is 4. The molecule has 5 nitrogen and oxygen atoms in total. The summed E-state index contributed by atoms with van der Waals surface area (Å²) in [6.07, 6.45) is -2.10. The van der Waals surface area contributed by atoms with Gasteiger partial charge in [0.25, 0.3) is 0 Å². The summed E-state index contributed by atoms with van der Waals surface area (Å²) in [7, 11) is 0. The zero-order chi connectivity index (χ0) is 22.0. The second-order valence-electron chi connectivity index (χ2n) is 7.06. The van der Waals surface area contributed by atoms with Gasteiger partial charge in [0, 0.05) is 12.1 Å². The minimum atomic E-state index is -4.50. The molecule has 0 aliphatic carbocycles. The Balaban J connectivity index is 1.83. The van der Waals surface area contributed by atoms with Crippen molar-refractivity contribution in [3.05, 3.63) is 59.1 Å². The Morgan fingerprint density at radius 3 is 2.68 bits per heavy atom. The van der Waals surface area contributed by atoms with Gasteiger partial charge in [-0.05, 0) is 43.2 Å². The number of amides is 1. The van der Waals surface area contributed by atoms with E-state index in [1.54, 1.807) is 30.3 Å². The van der Waals surface area contributed by atoms with Crippen LogP contribution in [-0.2, 0) is 11.0 Å². The summed E-state index contributed by atoms with van der Waals surface area (Å²) < 4.78 is 41.6. The van der Waals surface area contributed by atoms with Gasteiger partial charge in [-0.3, -0.25) is 9.36 Å². The Kier molecular flexibility index (Phi) is 6.24. The van der Waals surface area contributed by atoms with Crippen molar-refractivity contribution in [1.82, 2.24) is 20.1 Å². The molecule has 1 fully saturated rings. The number of rotatable bonds is 4. The Morgan fingerprint density at radius 2 is 1.90 bits per heavy atom. The number of alkyl halides is 3. The average Bonchev–Trinajstić information content (AvgIpc) is 3.04. The van der Waals surface area contributed by atoms with Gasteiger partial charge in [-0.25, -0.2) is 0 Å². The molecule has 0 spiro atoms. The van der Waals surface area contributed by atoms with Crippen LogP contribution in [0.15, 0.2) is 53.7 Å². The van der Waals surface area contributed by atoms with Crippen LogP contribution in [-0.4, -0.2) is 32.5 Å². The van der Waals surface area contributed by atoms with Crippen LogP contribution in [0.25, 0.3) is 17.1 Å². The van der Waals surface area contributed by atoms with E-state index in [2.05, 4.69) is 15.5 Å². The first kappa shape index (κ1) is 21.7. The van der Waals surface area contributed by atoms with E-state index in [9.17, 15) is 18.0 Å². The monoisotopic (exact) mass is 466 g/mol. The zero-order valence-electron chi connectivity index (χ0n) is 16.2. The molecule has 1 amide bonds. The molecule has 3 aromatic rings. The molecule has 0 saturated carbocycles. The third kappa shape index (κ3) is 4.72. The lowest BCUT2D eigenvalue weighted by Crippen LogP contribution is -2.30. The number of nitrogens with one attached hydrogen (secondary N) is 1. The van der Waals surface area contributed by atoms with Gasteiger partial charge in [0.15, 0.2) is 11.0 Å². The number of hydrogen-bond donors (Lipinski definition) is 1. The van der Waals surface area contributed by atoms with Crippen molar-refractivity contribution in [3.8, 4) is 17.1 Å². The summed E-state index contributed by atoms with van der Waals surface area (Å²) in [5.41, 5.74) is -0.00973. The van der Waals surface area contributed by atoms with Gasteiger partial charge in [-0.1, -0.05) is 48.0 Å². The molecule has 1 aromatic heterocycles. The normalized spacial score (nSPS) is 17.3. The van der Waals surface area contributed by atoms with Crippen LogP contribution in [0.3, 0.4) is 0 Å². The van der Waals surface area contributed by atoms with E-state index in [4.69, 9.17) is 11.6 Å². The predicted octanol–water partition coefficient (Wildman–Crippen LogP) is 5.37. The van der Waals surface area contributed by atoms with E-state index < -0.39 is 17.0 Å². The molecular formula is C21H18ClF3N4OS. The fraction of sp³-hybridized carbons (Fsp3) is 0.286. The molecule has 31 heavy (non-hydrogen) atoms. The number of carbonyl (C=O) groups excluding carboxylic acids is 1. The van der Waals surface area contributed by atoms with Crippen molar-refractivity contribution >= 4 is 29.3 Å². The van der Waals surface area contributed by atoms with E-state index in [0.29, 0.717) is 34.5 Å². The Labute approximate surface area is 186 Å². The van der Waals surface area contributed by atoms with Crippen molar-refractivity contribution < 1.29 is 18.0 Å². The lowest BCUT2D eigenvalue weighted by molar-refractivity contribution is -0.137. The van der Waals surface area contributed by atoms with E-state index in [1.165, 1.54) is 22.4 Å². The van der Waals surface area contributed by atoms with Gasteiger partial charge in [0.1, 0.15) is 0 Å². The first-order valence-electron chi connectivity index (χ1n) is 9.67. The first-order valence-corrected chi connectivity index (χ1v) is 10.9. The van der Waals surface area contributed by atoms with Crippen LogP contribution in [0.5, 0.6) is 0 Å². The molecule has 1 aliphatic heterocycles. The molecule has 2 aromatic carbocycles. The second-order valence-corrected chi connectivity index (χ2v) is 8.64. The highest BCUT2D eigenvalue weighted by atomic mass is 35.5. The quantitative estimate of drug-likeness (QED) is 0.561. The number of carbonyl (C=O) groups is 1. The fourth-order valence-corrected chi connectivity index (χ4v) is 4.70. The van der Waals surface area contributed by atoms with E-state index in [1.807, 2.05) is 0 Å². The highest BCUT2D eigenvalue weighted by Crippen LogP contribution is 2.36. The minimum absolute atomic E-state index is 0.111. The van der Waals surface area contributed by atoms with Gasteiger partial charge in [-0.2, -0.15) is 13.2 Å². The SMILES string of the molecule is O=C1NCCCCC1Sc1nnc(-c2ccccc2Cl)n1-c1cccc(C(F)(F)F)c1. The summed E-state index contributed by atoms with van der Waals surface area (Å²) in [6.45, 7) is 0.612. The topological polar surface area (TPSA) is 59.8 Å². The number of thioether (sulfide) groups is 1. The second kappa shape index (κ2) is 8.92. The molecule has 0 radical (unpaired) electrons. The maximum atomic E-state index is 13.3. The maximum Gasteiger partial charge on any atom is 0.416 e. The van der Waals surface area contributed by atoms with Gasteiger partial charge in [-0.15, -0.1) is 10.2 Å². The van der Waals surface area contributed by atoms with Crippen LogP contribution in [0.1, 0.15) is 24.8 Å². The van der Waals surface area contributed by atoms with Crippen LogP contribution in [0.2, 0.25) is 5.02 Å². The lowest BCUT2D eigenvalue weighted by atomic mass is 10.1. The number of hydrogen-bond acceptors (Lipinski definition) is 4. The van der Waals surface area contributed by atoms with Crippen LogP contribution in [0.4, 0.5) is 13.2 Å². The van der Waals surface area contributed by atoms with E-state index in [-0.39, 0.29) is 11.6 Å². The summed E-state index contributed by atoms with van der Waals surface area (Å²) in [4.78, 5) is 12.4. The molecule has 2 heterocycles. The minimum Gasteiger partial charge on any atom is -0.355 e. The smallest absolute Gasteiger partial charge is 0.355 e. The molecular weight excluding hydrogens is 449 g/mol. The molecule has 1 N–H and O–H groups in total. The van der Waals surface area contributed by atoms with Crippen molar-refractivity contribution in [2.45, 2.75) is 35.8 Å². The van der Waals surface area contributed by atoms with Crippen LogP contribution in [0, 0.1) is 0 Å². The Bertz CT molecular complexity index is 1100. The lowest BCUT2D eigenvalue weighted by Gasteiger charge is -2.16. The molecule has 10 heteroatoms. The van der Waals surface area contributed by atoms with Gasteiger partial charge in [0.05, 0.1) is 21.5 Å². The number of nitrogens with zero attached hydrogens (tertiary/aromatic N) is 3. The summed E-state index contributed by atoms with van der Waals surface area (Å²) >= 11 is 7.53. The molecule has 1 saturated heterocycles. The van der Waals surface area contributed by atoms with E-state index in [0.717, 1.165) is 25.0 Å². The Morgan fingerprint density at radius 1 is 1.10 bits per heavy atom. The molecule has 1 atom stereocenters. The standard InChI is InChI=1S/C21H18ClF3N4OS/c22-16-9-2-1-8-15(16)18-27-28-20(31-17-10-3-4-11-26-19(17)30)29(18)14-7-5-6-13(12-14)21(23,24)25/h1-2,5-9,12,17H,3-4,10-11H2,(H,26,30). The van der Waals surface area contributed by atoms with Crippen LogP contribution >= 0.6 is 23.4 Å². The highest BCUT2D eigenvalue weighted by molar-refractivity contribution is 8.00. The molecule has 162 valence electrons. The number of aromatic nitrogens is 3. The van der Waals surface area contributed by atoms with Crippen molar-refractivity contribution in [2.24, 2.45) is 0 Å². The largest absolute Gasteiger partial charge is 0.416 e. The van der Waals surface area contributed by atoms with Crippen molar-refractivity contribution in [3.63, 3.8) is 0 Å². The maximum absolute atomic E-state index is 13.3. The third-order valence-corrected chi connectivity index (χ3v) is 6.45. The highest BCUT2D eigenvalue weighted by Gasteiger charge is 2.32. The van der Waals surface area contributed by atoms with Crippen molar-refractivity contribution in [2.75, 3.05) is 6.54 Å².